The molecule has 0 spiro atoms. The number of aromatic nitrogens is 1. The van der Waals surface area contributed by atoms with Gasteiger partial charge in [-0.1, -0.05) is 0 Å². The standard InChI is InChI=1S/C15H20N4/c16-10-13-9-12(5-7-17-13)11-19-8-2-4-15(19)14-3-1-6-18-14/h5,7,9,14-15,18H,1-4,6,8,11H2. The van der Waals surface area contributed by atoms with Gasteiger partial charge in [0.15, 0.2) is 0 Å². The van der Waals surface area contributed by atoms with Crippen LogP contribution >= 0.6 is 0 Å². The van der Waals surface area contributed by atoms with E-state index in [0.29, 0.717) is 17.8 Å². The molecule has 0 radical (unpaired) electrons. The maximum Gasteiger partial charge on any atom is 0.140 e. The molecule has 2 unspecified atom stereocenters. The van der Waals surface area contributed by atoms with Crippen molar-refractivity contribution in [2.24, 2.45) is 0 Å². The van der Waals surface area contributed by atoms with E-state index in [-0.39, 0.29) is 0 Å². The summed E-state index contributed by atoms with van der Waals surface area (Å²) in [4.78, 5) is 6.61. The van der Waals surface area contributed by atoms with Gasteiger partial charge in [-0.3, -0.25) is 4.90 Å². The molecule has 2 aliphatic rings. The monoisotopic (exact) mass is 256 g/mol. The molecule has 0 saturated carbocycles. The van der Waals surface area contributed by atoms with E-state index in [0.717, 1.165) is 6.54 Å². The Kier molecular flexibility index (Phi) is 3.77. The van der Waals surface area contributed by atoms with Crippen molar-refractivity contribution in [2.45, 2.75) is 44.3 Å². The second-order valence-corrected chi connectivity index (χ2v) is 5.54. The van der Waals surface area contributed by atoms with E-state index < -0.39 is 0 Å². The molecule has 0 amide bonds. The minimum absolute atomic E-state index is 0.521. The van der Waals surface area contributed by atoms with Crippen LogP contribution in [0.2, 0.25) is 0 Å². The zero-order valence-corrected chi connectivity index (χ0v) is 11.2. The summed E-state index contributed by atoms with van der Waals surface area (Å²) in [5.41, 5.74) is 1.73. The molecule has 0 aromatic carbocycles. The van der Waals surface area contributed by atoms with Gasteiger partial charge in [-0.05, 0) is 56.5 Å². The van der Waals surface area contributed by atoms with Crippen LogP contribution in [-0.2, 0) is 6.54 Å². The molecule has 3 heterocycles. The van der Waals surface area contributed by atoms with Gasteiger partial charge in [0.1, 0.15) is 11.8 Å². The number of nitrogens with one attached hydrogen (secondary N) is 1. The Bertz CT molecular complexity index is 473. The van der Waals surface area contributed by atoms with Crippen molar-refractivity contribution in [1.29, 1.82) is 5.26 Å². The van der Waals surface area contributed by atoms with E-state index in [1.165, 1.54) is 44.3 Å². The van der Waals surface area contributed by atoms with Crippen molar-refractivity contribution >= 4 is 0 Å². The molecule has 2 aliphatic heterocycles. The molecular formula is C15H20N4. The Morgan fingerprint density at radius 1 is 1.42 bits per heavy atom. The van der Waals surface area contributed by atoms with E-state index >= 15 is 0 Å². The van der Waals surface area contributed by atoms with Crippen LogP contribution in [-0.4, -0.2) is 35.1 Å². The van der Waals surface area contributed by atoms with Gasteiger partial charge in [0, 0.05) is 24.8 Å². The lowest BCUT2D eigenvalue weighted by Crippen LogP contribution is -2.43. The molecule has 4 heteroatoms. The molecule has 2 saturated heterocycles. The van der Waals surface area contributed by atoms with Crippen molar-refractivity contribution in [3.63, 3.8) is 0 Å². The van der Waals surface area contributed by atoms with Crippen molar-refractivity contribution in [3.05, 3.63) is 29.6 Å². The molecule has 0 bridgehead atoms. The van der Waals surface area contributed by atoms with Gasteiger partial charge in [-0.2, -0.15) is 5.26 Å². The molecule has 0 aliphatic carbocycles. The number of likely N-dealkylation sites (tertiary alicyclic amines) is 1. The number of pyridine rings is 1. The normalized spacial score (nSPS) is 27.5. The summed E-state index contributed by atoms with van der Waals surface area (Å²) in [5, 5.41) is 12.5. The van der Waals surface area contributed by atoms with Crippen LogP contribution in [0.5, 0.6) is 0 Å². The van der Waals surface area contributed by atoms with Gasteiger partial charge in [-0.25, -0.2) is 4.98 Å². The van der Waals surface area contributed by atoms with Gasteiger partial charge < -0.3 is 5.32 Å². The molecule has 3 rings (SSSR count). The Morgan fingerprint density at radius 2 is 2.37 bits per heavy atom. The quantitative estimate of drug-likeness (QED) is 0.894. The Hall–Kier alpha value is -1.44. The van der Waals surface area contributed by atoms with E-state index in [2.05, 4.69) is 21.3 Å². The second-order valence-electron chi connectivity index (χ2n) is 5.54. The van der Waals surface area contributed by atoms with Gasteiger partial charge in [0.05, 0.1) is 0 Å². The molecule has 1 N–H and O–H groups in total. The molecule has 19 heavy (non-hydrogen) atoms. The molecule has 4 nitrogen and oxygen atoms in total. The third kappa shape index (κ3) is 2.78. The molecule has 100 valence electrons. The van der Waals surface area contributed by atoms with E-state index in [1.54, 1.807) is 6.20 Å². The lowest BCUT2D eigenvalue weighted by Gasteiger charge is -2.29. The maximum absolute atomic E-state index is 8.91. The van der Waals surface area contributed by atoms with Crippen molar-refractivity contribution in [2.75, 3.05) is 13.1 Å². The summed E-state index contributed by atoms with van der Waals surface area (Å²) in [6, 6.07) is 7.39. The first-order valence-corrected chi connectivity index (χ1v) is 7.19. The molecule has 2 fully saturated rings. The van der Waals surface area contributed by atoms with Crippen LogP contribution in [0.25, 0.3) is 0 Å². The first-order chi connectivity index (χ1) is 9.36. The smallest absolute Gasteiger partial charge is 0.140 e. The molecule has 1 aromatic rings. The van der Waals surface area contributed by atoms with Crippen molar-refractivity contribution < 1.29 is 0 Å². The average molecular weight is 256 g/mol. The second kappa shape index (κ2) is 5.68. The van der Waals surface area contributed by atoms with Gasteiger partial charge in [0.2, 0.25) is 0 Å². The van der Waals surface area contributed by atoms with Gasteiger partial charge >= 0.3 is 0 Å². The zero-order chi connectivity index (χ0) is 13.1. The summed E-state index contributed by atoms with van der Waals surface area (Å²) in [5.74, 6) is 0. The molecule has 2 atom stereocenters. The highest BCUT2D eigenvalue weighted by Crippen LogP contribution is 2.26. The fraction of sp³-hybridized carbons (Fsp3) is 0.600. The minimum Gasteiger partial charge on any atom is -0.312 e. The number of nitriles is 1. The number of nitrogens with zero attached hydrogens (tertiary/aromatic N) is 3. The number of rotatable bonds is 3. The SMILES string of the molecule is N#Cc1cc(CN2CCCC2C2CCCN2)ccn1. The Labute approximate surface area is 114 Å². The largest absolute Gasteiger partial charge is 0.312 e. The van der Waals surface area contributed by atoms with E-state index in [4.69, 9.17) is 5.26 Å². The zero-order valence-electron chi connectivity index (χ0n) is 11.2. The summed E-state index contributed by atoms with van der Waals surface area (Å²) in [6.07, 6.45) is 6.95. The van der Waals surface area contributed by atoms with Crippen LogP contribution in [0, 0.1) is 11.3 Å². The average Bonchev–Trinajstić information content (AvgIpc) is 3.09. The van der Waals surface area contributed by atoms with E-state index in [9.17, 15) is 0 Å². The van der Waals surface area contributed by atoms with Gasteiger partial charge in [-0.15, -0.1) is 0 Å². The van der Waals surface area contributed by atoms with Crippen LogP contribution in [0.4, 0.5) is 0 Å². The first kappa shape index (κ1) is 12.6. The predicted octanol–water partition coefficient (Wildman–Crippen LogP) is 1.67. The predicted molar refractivity (Wildman–Crippen MR) is 73.4 cm³/mol. The van der Waals surface area contributed by atoms with Crippen LogP contribution in [0.1, 0.15) is 36.9 Å². The summed E-state index contributed by atoms with van der Waals surface area (Å²) in [7, 11) is 0. The lowest BCUT2D eigenvalue weighted by atomic mass is 10.0. The summed E-state index contributed by atoms with van der Waals surface area (Å²) < 4.78 is 0. The van der Waals surface area contributed by atoms with Crippen molar-refractivity contribution in [1.82, 2.24) is 15.2 Å². The number of hydrogen-bond acceptors (Lipinski definition) is 4. The van der Waals surface area contributed by atoms with Gasteiger partial charge in [0.25, 0.3) is 0 Å². The Morgan fingerprint density at radius 3 is 3.16 bits per heavy atom. The third-order valence-electron chi connectivity index (χ3n) is 4.30. The summed E-state index contributed by atoms with van der Waals surface area (Å²) >= 11 is 0. The van der Waals surface area contributed by atoms with Crippen LogP contribution in [0.15, 0.2) is 18.3 Å². The highest BCUT2D eigenvalue weighted by atomic mass is 15.2. The topological polar surface area (TPSA) is 52.0 Å². The fourth-order valence-corrected chi connectivity index (χ4v) is 3.41. The summed E-state index contributed by atoms with van der Waals surface area (Å²) in [6.45, 7) is 3.29. The van der Waals surface area contributed by atoms with E-state index in [1.807, 2.05) is 12.1 Å². The molecular weight excluding hydrogens is 236 g/mol. The third-order valence-corrected chi connectivity index (χ3v) is 4.30. The van der Waals surface area contributed by atoms with Crippen LogP contribution in [0.3, 0.4) is 0 Å². The maximum atomic E-state index is 8.91. The first-order valence-electron chi connectivity index (χ1n) is 7.19. The minimum atomic E-state index is 0.521. The fourth-order valence-electron chi connectivity index (χ4n) is 3.41. The van der Waals surface area contributed by atoms with Crippen LogP contribution < -0.4 is 5.32 Å². The highest BCUT2D eigenvalue weighted by Gasteiger charge is 2.32. The number of hydrogen-bond donors (Lipinski definition) is 1. The lowest BCUT2D eigenvalue weighted by molar-refractivity contribution is 0.206. The van der Waals surface area contributed by atoms with Crippen molar-refractivity contribution in [3.8, 4) is 6.07 Å². The Balaban J connectivity index is 1.69. The highest BCUT2D eigenvalue weighted by molar-refractivity contribution is 5.25. The molecule has 1 aromatic heterocycles.